The summed E-state index contributed by atoms with van der Waals surface area (Å²) in [5, 5.41) is 9.84. The van der Waals surface area contributed by atoms with E-state index in [2.05, 4.69) is 11.9 Å². The normalized spacial score (nSPS) is 18.7. The number of carboxylic acid groups (broad SMARTS) is 1. The molecular weight excluding hydrogens is 288 g/mol. The molecule has 1 saturated heterocycles. The second-order valence-electron chi connectivity index (χ2n) is 5.45. The third kappa shape index (κ3) is 4.27. The number of aliphatic carboxylic acids is 1. The van der Waals surface area contributed by atoms with Gasteiger partial charge in [0.05, 0.1) is 11.2 Å². The van der Waals surface area contributed by atoms with Gasteiger partial charge in [0, 0.05) is 19.0 Å². The summed E-state index contributed by atoms with van der Waals surface area (Å²) in [7, 11) is 0. The van der Waals surface area contributed by atoms with Crippen molar-refractivity contribution in [3.8, 4) is 0 Å². The molecule has 0 spiro atoms. The van der Waals surface area contributed by atoms with E-state index in [0.717, 1.165) is 43.7 Å². The largest absolute Gasteiger partial charge is 0.481 e. The minimum atomic E-state index is -0.795. The van der Waals surface area contributed by atoms with Crippen molar-refractivity contribution in [2.45, 2.75) is 57.9 Å². The average Bonchev–Trinajstić information content (AvgIpc) is 2.94. The van der Waals surface area contributed by atoms with Gasteiger partial charge in [0.2, 0.25) is 0 Å². The molecule has 2 heterocycles. The van der Waals surface area contributed by atoms with E-state index in [1.807, 2.05) is 4.90 Å². The second-order valence-corrected chi connectivity index (χ2v) is 6.56. The fraction of sp³-hybridized carbons (Fsp3) is 0.667. The van der Waals surface area contributed by atoms with Gasteiger partial charge in [-0.3, -0.25) is 9.59 Å². The SMILES string of the molecule is CCCc1ncc(C(=O)N2CCCCC2CCC(=O)O)s1. The Morgan fingerprint density at radius 1 is 1.48 bits per heavy atom. The number of hydrogen-bond donors (Lipinski definition) is 1. The predicted molar refractivity (Wildman–Crippen MR) is 81.7 cm³/mol. The third-order valence-electron chi connectivity index (χ3n) is 3.81. The molecular formula is C15H22N2O3S. The molecule has 0 radical (unpaired) electrons. The summed E-state index contributed by atoms with van der Waals surface area (Å²) in [6, 6.07) is 0.0547. The molecule has 1 unspecified atom stereocenters. The van der Waals surface area contributed by atoms with Crippen LogP contribution in [0, 0.1) is 0 Å². The van der Waals surface area contributed by atoms with Crippen molar-refractivity contribution < 1.29 is 14.7 Å². The van der Waals surface area contributed by atoms with Crippen LogP contribution in [0.5, 0.6) is 0 Å². The number of carboxylic acids is 1. The highest BCUT2D eigenvalue weighted by atomic mass is 32.1. The van der Waals surface area contributed by atoms with Crippen molar-refractivity contribution in [2.24, 2.45) is 0 Å². The zero-order valence-corrected chi connectivity index (χ0v) is 13.2. The first-order chi connectivity index (χ1) is 10.1. The lowest BCUT2D eigenvalue weighted by atomic mass is 9.97. The van der Waals surface area contributed by atoms with Crippen LogP contribution in [0.3, 0.4) is 0 Å². The van der Waals surface area contributed by atoms with Crippen molar-refractivity contribution in [3.63, 3.8) is 0 Å². The van der Waals surface area contributed by atoms with Crippen LogP contribution in [0.25, 0.3) is 0 Å². The Bertz CT molecular complexity index is 501. The van der Waals surface area contributed by atoms with Crippen LogP contribution in [0.2, 0.25) is 0 Å². The van der Waals surface area contributed by atoms with Gasteiger partial charge in [-0.25, -0.2) is 4.98 Å². The van der Waals surface area contributed by atoms with Gasteiger partial charge < -0.3 is 10.0 Å². The summed E-state index contributed by atoms with van der Waals surface area (Å²) in [5.41, 5.74) is 0. The molecule has 0 saturated carbocycles. The van der Waals surface area contributed by atoms with E-state index >= 15 is 0 Å². The minimum Gasteiger partial charge on any atom is -0.481 e. The Morgan fingerprint density at radius 3 is 3.00 bits per heavy atom. The zero-order chi connectivity index (χ0) is 15.2. The minimum absolute atomic E-state index is 0.0185. The highest BCUT2D eigenvalue weighted by molar-refractivity contribution is 7.13. The van der Waals surface area contributed by atoms with Crippen LogP contribution in [0.15, 0.2) is 6.20 Å². The van der Waals surface area contributed by atoms with Crippen molar-refractivity contribution in [3.05, 3.63) is 16.1 Å². The number of nitrogens with zero attached hydrogens (tertiary/aromatic N) is 2. The molecule has 21 heavy (non-hydrogen) atoms. The average molecular weight is 310 g/mol. The van der Waals surface area contributed by atoms with E-state index in [4.69, 9.17) is 5.11 Å². The molecule has 1 aromatic rings. The number of carbonyl (C=O) groups is 2. The Kier molecular flexibility index (Phi) is 5.73. The molecule has 0 bridgehead atoms. The summed E-state index contributed by atoms with van der Waals surface area (Å²) >= 11 is 1.47. The monoisotopic (exact) mass is 310 g/mol. The number of rotatable bonds is 6. The summed E-state index contributed by atoms with van der Waals surface area (Å²) in [6.07, 6.45) is 7.22. The summed E-state index contributed by atoms with van der Waals surface area (Å²) in [5.74, 6) is -0.777. The Hall–Kier alpha value is -1.43. The lowest BCUT2D eigenvalue weighted by molar-refractivity contribution is -0.137. The maximum absolute atomic E-state index is 12.6. The highest BCUT2D eigenvalue weighted by Crippen LogP contribution is 2.25. The number of likely N-dealkylation sites (tertiary alicyclic amines) is 1. The standard InChI is InChI=1S/C15H22N2O3S/c1-2-5-13-16-10-12(21-13)15(20)17-9-4-3-6-11(17)7-8-14(18)19/h10-11H,2-9H2,1H3,(H,18,19). The van der Waals surface area contributed by atoms with Gasteiger partial charge in [-0.1, -0.05) is 6.92 Å². The number of amides is 1. The maximum atomic E-state index is 12.6. The van der Waals surface area contributed by atoms with Crippen molar-refractivity contribution in [2.75, 3.05) is 6.54 Å². The fourth-order valence-corrected chi connectivity index (χ4v) is 3.71. The van der Waals surface area contributed by atoms with Crippen LogP contribution in [-0.2, 0) is 11.2 Å². The number of aromatic nitrogens is 1. The fourth-order valence-electron chi connectivity index (χ4n) is 2.74. The van der Waals surface area contributed by atoms with Gasteiger partial charge in [-0.2, -0.15) is 0 Å². The van der Waals surface area contributed by atoms with Gasteiger partial charge in [-0.15, -0.1) is 11.3 Å². The summed E-state index contributed by atoms with van der Waals surface area (Å²) in [4.78, 5) is 30.2. The molecule has 1 fully saturated rings. The van der Waals surface area contributed by atoms with Crippen LogP contribution in [0.4, 0.5) is 0 Å². The van der Waals surface area contributed by atoms with Gasteiger partial charge >= 0.3 is 5.97 Å². The molecule has 5 nitrogen and oxygen atoms in total. The maximum Gasteiger partial charge on any atom is 0.303 e. The van der Waals surface area contributed by atoms with Gasteiger partial charge in [0.15, 0.2) is 0 Å². The van der Waals surface area contributed by atoms with E-state index in [0.29, 0.717) is 11.3 Å². The van der Waals surface area contributed by atoms with Gasteiger partial charge in [-0.05, 0) is 38.5 Å². The molecule has 116 valence electrons. The number of hydrogen-bond acceptors (Lipinski definition) is 4. The quantitative estimate of drug-likeness (QED) is 0.877. The van der Waals surface area contributed by atoms with Crippen LogP contribution in [0.1, 0.15) is 60.1 Å². The summed E-state index contributed by atoms with van der Waals surface area (Å²) < 4.78 is 0. The van der Waals surface area contributed by atoms with Crippen LogP contribution < -0.4 is 0 Å². The molecule has 6 heteroatoms. The van der Waals surface area contributed by atoms with Crippen molar-refractivity contribution >= 4 is 23.2 Å². The molecule has 1 aliphatic rings. The lowest BCUT2D eigenvalue weighted by Crippen LogP contribution is -2.43. The molecule has 2 rings (SSSR count). The predicted octanol–water partition coefficient (Wildman–Crippen LogP) is 2.96. The van der Waals surface area contributed by atoms with Gasteiger partial charge in [0.25, 0.3) is 5.91 Å². The van der Waals surface area contributed by atoms with E-state index < -0.39 is 5.97 Å². The third-order valence-corrected chi connectivity index (χ3v) is 4.85. The van der Waals surface area contributed by atoms with E-state index in [1.165, 1.54) is 11.3 Å². The zero-order valence-electron chi connectivity index (χ0n) is 12.4. The van der Waals surface area contributed by atoms with E-state index in [1.54, 1.807) is 6.20 Å². The first-order valence-corrected chi connectivity index (χ1v) is 8.41. The molecule has 0 aromatic carbocycles. The molecule has 1 aromatic heterocycles. The molecule has 1 atom stereocenters. The van der Waals surface area contributed by atoms with E-state index in [9.17, 15) is 9.59 Å². The number of thiazole rings is 1. The molecule has 1 N–H and O–H groups in total. The molecule has 0 aliphatic carbocycles. The number of carbonyl (C=O) groups excluding carboxylic acids is 1. The smallest absolute Gasteiger partial charge is 0.303 e. The first kappa shape index (κ1) is 15.9. The molecule has 1 aliphatic heterocycles. The molecule has 1 amide bonds. The number of aryl methyl sites for hydroxylation is 1. The summed E-state index contributed by atoms with van der Waals surface area (Å²) in [6.45, 7) is 2.82. The Balaban J connectivity index is 2.04. The van der Waals surface area contributed by atoms with Gasteiger partial charge in [0.1, 0.15) is 4.88 Å². The second kappa shape index (κ2) is 7.54. The Morgan fingerprint density at radius 2 is 2.29 bits per heavy atom. The van der Waals surface area contributed by atoms with Crippen molar-refractivity contribution in [1.29, 1.82) is 0 Å². The van der Waals surface area contributed by atoms with Crippen LogP contribution in [-0.4, -0.2) is 39.5 Å². The topological polar surface area (TPSA) is 70.5 Å². The highest BCUT2D eigenvalue weighted by Gasteiger charge is 2.28. The van der Waals surface area contributed by atoms with E-state index in [-0.39, 0.29) is 18.4 Å². The lowest BCUT2D eigenvalue weighted by Gasteiger charge is -2.35. The first-order valence-electron chi connectivity index (χ1n) is 7.59. The van der Waals surface area contributed by atoms with Crippen molar-refractivity contribution in [1.82, 2.24) is 9.88 Å². The Labute approximate surface area is 129 Å². The van der Waals surface area contributed by atoms with Crippen LogP contribution >= 0.6 is 11.3 Å². The number of piperidine rings is 1.